The molecule has 1 amide bonds. The van der Waals surface area contributed by atoms with Gasteiger partial charge in [-0.1, -0.05) is 0 Å². The molecule has 4 N–H and O–H groups in total. The third kappa shape index (κ3) is 3.01. The Labute approximate surface area is 123 Å². The molecule has 1 saturated heterocycles. The molecule has 2 rings (SSSR count). The van der Waals surface area contributed by atoms with Crippen molar-refractivity contribution in [2.45, 2.75) is 30.7 Å². The number of nitrogens with two attached hydrogens (primary N) is 2. The van der Waals surface area contributed by atoms with Crippen LogP contribution in [0.4, 0.5) is 10.1 Å². The molecule has 1 fully saturated rings. The number of hydrogen-bond acceptors (Lipinski definition) is 4. The van der Waals surface area contributed by atoms with Gasteiger partial charge in [0, 0.05) is 18.3 Å². The number of primary amides is 1. The predicted octanol–water partition coefficient (Wildman–Crippen LogP) is 0.682. The number of hydrogen-bond donors (Lipinski definition) is 2. The van der Waals surface area contributed by atoms with Crippen molar-refractivity contribution in [2.75, 3.05) is 12.3 Å². The Balaban J connectivity index is 2.42. The minimum atomic E-state index is -4.06. The van der Waals surface area contributed by atoms with E-state index in [4.69, 9.17) is 11.5 Å². The summed E-state index contributed by atoms with van der Waals surface area (Å²) in [6.07, 6.45) is 1.03. The normalized spacial score (nSPS) is 23.9. The van der Waals surface area contributed by atoms with E-state index in [0.717, 1.165) is 16.4 Å². The molecule has 0 radical (unpaired) electrons. The maximum Gasteiger partial charge on any atom is 0.246 e. The molecule has 8 heteroatoms. The average Bonchev–Trinajstić information content (AvgIpc) is 2.41. The molecule has 0 saturated carbocycles. The lowest BCUT2D eigenvalue weighted by Gasteiger charge is -2.35. The van der Waals surface area contributed by atoms with Crippen molar-refractivity contribution in [2.24, 2.45) is 11.7 Å². The third-order valence-corrected chi connectivity index (χ3v) is 5.76. The molecule has 21 heavy (non-hydrogen) atoms. The number of nitrogen functional groups attached to an aromatic ring is 1. The standard InChI is InChI=1S/C13H18FN3O3S/c1-8-2-3-9(13(16)18)7-17(8)21(19,20)12-6-10(15)4-5-11(12)14/h4-6,8-9H,2-3,7,15H2,1H3,(H2,16,18). The average molecular weight is 315 g/mol. The smallest absolute Gasteiger partial charge is 0.246 e. The number of sulfonamides is 1. The monoisotopic (exact) mass is 315 g/mol. The van der Waals surface area contributed by atoms with Crippen LogP contribution in [0.15, 0.2) is 23.1 Å². The van der Waals surface area contributed by atoms with E-state index in [1.54, 1.807) is 6.92 Å². The Hall–Kier alpha value is -1.67. The molecule has 0 spiro atoms. The second kappa shape index (κ2) is 5.61. The van der Waals surface area contributed by atoms with E-state index in [2.05, 4.69) is 0 Å². The molecule has 1 aromatic carbocycles. The van der Waals surface area contributed by atoms with Gasteiger partial charge >= 0.3 is 0 Å². The number of nitrogens with zero attached hydrogens (tertiary/aromatic N) is 1. The summed E-state index contributed by atoms with van der Waals surface area (Å²) < 4.78 is 40.2. The van der Waals surface area contributed by atoms with Gasteiger partial charge in [0.2, 0.25) is 15.9 Å². The lowest BCUT2D eigenvalue weighted by molar-refractivity contribution is -0.123. The molecule has 1 aromatic rings. The van der Waals surface area contributed by atoms with Gasteiger partial charge in [0.25, 0.3) is 0 Å². The van der Waals surface area contributed by atoms with Crippen LogP contribution in [0.25, 0.3) is 0 Å². The molecule has 0 aliphatic carbocycles. The van der Waals surface area contributed by atoms with Gasteiger partial charge < -0.3 is 11.5 Å². The van der Waals surface area contributed by atoms with Gasteiger partial charge in [-0.2, -0.15) is 4.31 Å². The van der Waals surface area contributed by atoms with Crippen LogP contribution < -0.4 is 11.5 Å². The largest absolute Gasteiger partial charge is 0.399 e. The molecule has 2 atom stereocenters. The fourth-order valence-electron chi connectivity index (χ4n) is 2.49. The maximum atomic E-state index is 13.9. The van der Waals surface area contributed by atoms with Crippen LogP contribution >= 0.6 is 0 Å². The summed E-state index contributed by atoms with van der Waals surface area (Å²) in [4.78, 5) is 10.8. The number of benzene rings is 1. The second-order valence-corrected chi connectivity index (χ2v) is 7.15. The van der Waals surface area contributed by atoms with Gasteiger partial charge in [0.15, 0.2) is 0 Å². The first-order valence-corrected chi connectivity index (χ1v) is 8.03. The lowest BCUT2D eigenvalue weighted by atomic mass is 9.95. The van der Waals surface area contributed by atoms with E-state index < -0.39 is 32.6 Å². The topological polar surface area (TPSA) is 106 Å². The van der Waals surface area contributed by atoms with Gasteiger partial charge in [0.05, 0.1) is 5.92 Å². The number of carbonyl (C=O) groups is 1. The Bertz CT molecular complexity index is 663. The first-order valence-electron chi connectivity index (χ1n) is 6.59. The molecule has 1 heterocycles. The Kier molecular flexibility index (Phi) is 4.20. The number of rotatable bonds is 3. The van der Waals surface area contributed by atoms with Crippen LogP contribution in [0.3, 0.4) is 0 Å². The Morgan fingerprint density at radius 2 is 2.05 bits per heavy atom. The summed E-state index contributed by atoms with van der Waals surface area (Å²) in [5.74, 6) is -1.96. The van der Waals surface area contributed by atoms with E-state index in [-0.39, 0.29) is 18.3 Å². The van der Waals surface area contributed by atoms with E-state index in [1.165, 1.54) is 6.07 Å². The second-order valence-electron chi connectivity index (χ2n) is 5.29. The SMILES string of the molecule is CC1CCC(C(N)=O)CN1S(=O)(=O)c1cc(N)ccc1F. The number of amides is 1. The van der Waals surface area contributed by atoms with Crippen LogP contribution in [0.2, 0.25) is 0 Å². The van der Waals surface area contributed by atoms with Crippen molar-refractivity contribution in [3.63, 3.8) is 0 Å². The third-order valence-electron chi connectivity index (χ3n) is 3.77. The summed E-state index contributed by atoms with van der Waals surface area (Å²) >= 11 is 0. The van der Waals surface area contributed by atoms with Crippen LogP contribution in [0, 0.1) is 11.7 Å². The van der Waals surface area contributed by atoms with Crippen LogP contribution in [0.1, 0.15) is 19.8 Å². The molecule has 1 aliphatic rings. The zero-order valence-electron chi connectivity index (χ0n) is 11.6. The molecular formula is C13H18FN3O3S. The van der Waals surface area contributed by atoms with Crippen LogP contribution in [-0.4, -0.2) is 31.2 Å². The van der Waals surface area contributed by atoms with Gasteiger partial charge in [-0.05, 0) is 38.0 Å². The predicted molar refractivity (Wildman–Crippen MR) is 76.1 cm³/mol. The fraction of sp³-hybridized carbons (Fsp3) is 0.462. The van der Waals surface area contributed by atoms with E-state index in [1.807, 2.05) is 0 Å². The molecule has 0 aromatic heterocycles. The van der Waals surface area contributed by atoms with Crippen molar-refractivity contribution < 1.29 is 17.6 Å². The number of carbonyl (C=O) groups excluding carboxylic acids is 1. The van der Waals surface area contributed by atoms with E-state index >= 15 is 0 Å². The Morgan fingerprint density at radius 1 is 1.38 bits per heavy atom. The molecule has 1 aliphatic heterocycles. The Morgan fingerprint density at radius 3 is 2.67 bits per heavy atom. The van der Waals surface area contributed by atoms with Crippen molar-refractivity contribution >= 4 is 21.6 Å². The number of halogens is 1. The van der Waals surface area contributed by atoms with Crippen molar-refractivity contribution in [3.05, 3.63) is 24.0 Å². The van der Waals surface area contributed by atoms with Crippen LogP contribution in [-0.2, 0) is 14.8 Å². The quantitative estimate of drug-likeness (QED) is 0.800. The lowest BCUT2D eigenvalue weighted by Crippen LogP contribution is -2.48. The molecule has 2 unspecified atom stereocenters. The van der Waals surface area contributed by atoms with Gasteiger partial charge in [-0.3, -0.25) is 4.79 Å². The zero-order chi connectivity index (χ0) is 15.8. The van der Waals surface area contributed by atoms with Crippen molar-refractivity contribution in [3.8, 4) is 0 Å². The van der Waals surface area contributed by atoms with Crippen molar-refractivity contribution in [1.82, 2.24) is 4.31 Å². The summed E-state index contributed by atoms with van der Waals surface area (Å²) in [5, 5.41) is 0. The maximum absolute atomic E-state index is 13.9. The summed E-state index contributed by atoms with van der Waals surface area (Å²) in [5.41, 5.74) is 11.0. The fourth-order valence-corrected chi connectivity index (χ4v) is 4.29. The molecule has 0 bridgehead atoms. The highest BCUT2D eigenvalue weighted by molar-refractivity contribution is 7.89. The van der Waals surface area contributed by atoms with E-state index in [9.17, 15) is 17.6 Å². The van der Waals surface area contributed by atoms with Gasteiger partial charge in [-0.25, -0.2) is 12.8 Å². The van der Waals surface area contributed by atoms with Gasteiger partial charge in [-0.15, -0.1) is 0 Å². The first-order chi connectivity index (χ1) is 9.73. The number of anilines is 1. The zero-order valence-corrected chi connectivity index (χ0v) is 12.4. The number of piperidine rings is 1. The first kappa shape index (κ1) is 15.7. The molecular weight excluding hydrogens is 297 g/mol. The molecule has 116 valence electrons. The highest BCUT2D eigenvalue weighted by Gasteiger charge is 2.37. The highest BCUT2D eigenvalue weighted by atomic mass is 32.2. The minimum absolute atomic E-state index is 0.0347. The summed E-state index contributed by atoms with van der Waals surface area (Å²) in [6.45, 7) is 1.69. The molecule has 6 nitrogen and oxygen atoms in total. The summed E-state index contributed by atoms with van der Waals surface area (Å²) in [7, 11) is -4.06. The van der Waals surface area contributed by atoms with Gasteiger partial charge in [0.1, 0.15) is 10.7 Å². The van der Waals surface area contributed by atoms with Crippen LogP contribution in [0.5, 0.6) is 0 Å². The summed E-state index contributed by atoms with van der Waals surface area (Å²) in [6, 6.07) is 3.07. The van der Waals surface area contributed by atoms with Crippen molar-refractivity contribution in [1.29, 1.82) is 0 Å². The minimum Gasteiger partial charge on any atom is -0.399 e. The van der Waals surface area contributed by atoms with E-state index in [0.29, 0.717) is 12.8 Å². The highest BCUT2D eigenvalue weighted by Crippen LogP contribution is 2.29.